The number of fused-ring (bicyclic) bond motifs is 1. The van der Waals surface area contributed by atoms with E-state index in [1.54, 1.807) is 29.0 Å². The molecule has 1 aromatic rings. The molecule has 2 saturated heterocycles. The van der Waals surface area contributed by atoms with Gasteiger partial charge in [0.25, 0.3) is 5.91 Å². The SMILES string of the molecule is CN1C[C@H]2CN(C(=O)c3ccccc3F)CC[C@@H]2OCC1=O. The van der Waals surface area contributed by atoms with Crippen molar-refractivity contribution in [3.63, 3.8) is 0 Å². The third-order valence-corrected chi connectivity index (χ3v) is 4.41. The molecule has 3 rings (SSSR count). The highest BCUT2D eigenvalue weighted by Gasteiger charge is 2.36. The Kier molecular flexibility index (Phi) is 4.11. The maximum atomic E-state index is 13.8. The van der Waals surface area contributed by atoms with Crippen molar-refractivity contribution >= 4 is 11.8 Å². The summed E-state index contributed by atoms with van der Waals surface area (Å²) in [6.07, 6.45) is 0.657. The Hall–Kier alpha value is -1.95. The Morgan fingerprint density at radius 2 is 2.09 bits per heavy atom. The van der Waals surface area contributed by atoms with Crippen LogP contribution in [0.5, 0.6) is 0 Å². The lowest BCUT2D eigenvalue weighted by Crippen LogP contribution is -2.49. The number of carbonyl (C=O) groups excluding carboxylic acids is 2. The highest BCUT2D eigenvalue weighted by molar-refractivity contribution is 5.94. The maximum Gasteiger partial charge on any atom is 0.256 e. The number of hydrogen-bond acceptors (Lipinski definition) is 3. The van der Waals surface area contributed by atoms with E-state index in [0.717, 1.165) is 0 Å². The molecule has 0 radical (unpaired) electrons. The van der Waals surface area contributed by atoms with Crippen molar-refractivity contribution in [2.75, 3.05) is 33.3 Å². The number of likely N-dealkylation sites (tertiary alicyclic amines) is 1. The van der Waals surface area contributed by atoms with Gasteiger partial charge in [0.2, 0.25) is 5.91 Å². The second kappa shape index (κ2) is 6.04. The summed E-state index contributed by atoms with van der Waals surface area (Å²) in [6, 6.07) is 6.02. The third kappa shape index (κ3) is 2.83. The van der Waals surface area contributed by atoms with Gasteiger partial charge in [-0.15, -0.1) is 0 Å². The number of nitrogens with zero attached hydrogens (tertiary/aromatic N) is 2. The summed E-state index contributed by atoms with van der Waals surface area (Å²) < 4.78 is 19.4. The zero-order valence-corrected chi connectivity index (χ0v) is 12.5. The summed E-state index contributed by atoms with van der Waals surface area (Å²) in [4.78, 5) is 27.5. The molecule has 0 N–H and O–H groups in total. The molecule has 6 heteroatoms. The van der Waals surface area contributed by atoms with Gasteiger partial charge in [-0.25, -0.2) is 4.39 Å². The van der Waals surface area contributed by atoms with Crippen LogP contribution in [0.4, 0.5) is 4.39 Å². The second-order valence-corrected chi connectivity index (χ2v) is 5.90. The van der Waals surface area contributed by atoms with E-state index in [0.29, 0.717) is 26.1 Å². The van der Waals surface area contributed by atoms with E-state index < -0.39 is 5.82 Å². The molecule has 2 aliphatic heterocycles. The number of halogens is 1. The van der Waals surface area contributed by atoms with Crippen LogP contribution >= 0.6 is 0 Å². The number of piperidine rings is 1. The summed E-state index contributed by atoms with van der Waals surface area (Å²) in [5.74, 6) is -0.767. The zero-order valence-electron chi connectivity index (χ0n) is 12.5. The van der Waals surface area contributed by atoms with Crippen molar-refractivity contribution < 1.29 is 18.7 Å². The van der Waals surface area contributed by atoms with Gasteiger partial charge in [0, 0.05) is 32.6 Å². The molecule has 0 aliphatic carbocycles. The van der Waals surface area contributed by atoms with Gasteiger partial charge >= 0.3 is 0 Å². The fourth-order valence-electron chi connectivity index (χ4n) is 3.14. The van der Waals surface area contributed by atoms with E-state index in [1.807, 2.05) is 0 Å². The molecular formula is C16H19FN2O3. The fraction of sp³-hybridized carbons (Fsp3) is 0.500. The van der Waals surface area contributed by atoms with E-state index in [-0.39, 0.29) is 36.0 Å². The molecule has 2 heterocycles. The smallest absolute Gasteiger partial charge is 0.256 e. The number of benzene rings is 1. The van der Waals surface area contributed by atoms with Gasteiger partial charge in [0.15, 0.2) is 0 Å². The summed E-state index contributed by atoms with van der Waals surface area (Å²) in [6.45, 7) is 1.66. The Morgan fingerprint density at radius 3 is 2.86 bits per heavy atom. The van der Waals surface area contributed by atoms with Crippen molar-refractivity contribution in [2.24, 2.45) is 5.92 Å². The van der Waals surface area contributed by atoms with Gasteiger partial charge < -0.3 is 14.5 Å². The fourth-order valence-corrected chi connectivity index (χ4v) is 3.14. The van der Waals surface area contributed by atoms with Gasteiger partial charge in [0.1, 0.15) is 12.4 Å². The van der Waals surface area contributed by atoms with Crippen LogP contribution in [0.2, 0.25) is 0 Å². The first-order chi connectivity index (χ1) is 10.6. The highest BCUT2D eigenvalue weighted by atomic mass is 19.1. The second-order valence-electron chi connectivity index (χ2n) is 5.90. The summed E-state index contributed by atoms with van der Waals surface area (Å²) in [5.41, 5.74) is 0.0971. The van der Waals surface area contributed by atoms with Gasteiger partial charge in [0.05, 0.1) is 11.7 Å². The maximum absolute atomic E-state index is 13.8. The standard InChI is InChI=1S/C16H19FN2O3/c1-18-8-11-9-19(7-6-14(11)22-10-15(18)20)16(21)12-4-2-3-5-13(12)17/h2-5,11,14H,6-10H2,1H3/t11-,14-/m0/s1. The molecule has 2 aliphatic rings. The number of ether oxygens (including phenoxy) is 1. The molecule has 0 bridgehead atoms. The van der Waals surface area contributed by atoms with Crippen molar-refractivity contribution in [1.82, 2.24) is 9.80 Å². The molecule has 0 saturated carbocycles. The minimum atomic E-state index is -0.501. The predicted molar refractivity (Wildman–Crippen MR) is 77.8 cm³/mol. The van der Waals surface area contributed by atoms with E-state index in [9.17, 15) is 14.0 Å². The third-order valence-electron chi connectivity index (χ3n) is 4.41. The topological polar surface area (TPSA) is 49.9 Å². The van der Waals surface area contributed by atoms with E-state index in [2.05, 4.69) is 0 Å². The number of amides is 2. The first-order valence-corrected chi connectivity index (χ1v) is 7.45. The van der Waals surface area contributed by atoms with Crippen LogP contribution in [0.3, 0.4) is 0 Å². The monoisotopic (exact) mass is 306 g/mol. The minimum Gasteiger partial charge on any atom is -0.368 e. The number of likely N-dealkylation sites (N-methyl/N-ethyl adjacent to an activating group) is 1. The Balaban J connectivity index is 1.74. The number of hydrogen-bond donors (Lipinski definition) is 0. The van der Waals surface area contributed by atoms with Crippen LogP contribution in [0.15, 0.2) is 24.3 Å². The summed E-state index contributed by atoms with van der Waals surface area (Å²) in [5, 5.41) is 0. The highest BCUT2D eigenvalue weighted by Crippen LogP contribution is 2.25. The van der Waals surface area contributed by atoms with E-state index in [4.69, 9.17) is 4.74 Å². The lowest BCUT2D eigenvalue weighted by molar-refractivity contribution is -0.133. The quantitative estimate of drug-likeness (QED) is 0.782. The van der Waals surface area contributed by atoms with Crippen LogP contribution in [-0.2, 0) is 9.53 Å². The van der Waals surface area contributed by atoms with Crippen molar-refractivity contribution in [1.29, 1.82) is 0 Å². The zero-order chi connectivity index (χ0) is 15.7. The molecule has 0 aromatic heterocycles. The summed E-state index contributed by atoms with van der Waals surface area (Å²) in [7, 11) is 1.74. The number of carbonyl (C=O) groups is 2. The molecular weight excluding hydrogens is 287 g/mol. The first kappa shape index (κ1) is 15.0. The first-order valence-electron chi connectivity index (χ1n) is 7.45. The Labute approximate surface area is 128 Å². The molecule has 22 heavy (non-hydrogen) atoms. The Morgan fingerprint density at radius 1 is 1.32 bits per heavy atom. The number of rotatable bonds is 1. The minimum absolute atomic E-state index is 0.0152. The average Bonchev–Trinajstić information content (AvgIpc) is 2.66. The molecule has 2 atom stereocenters. The molecule has 0 spiro atoms. The van der Waals surface area contributed by atoms with Gasteiger partial charge in [-0.3, -0.25) is 9.59 Å². The van der Waals surface area contributed by atoms with E-state index >= 15 is 0 Å². The average molecular weight is 306 g/mol. The van der Waals surface area contributed by atoms with Crippen molar-refractivity contribution in [2.45, 2.75) is 12.5 Å². The molecule has 2 amide bonds. The molecule has 118 valence electrons. The van der Waals surface area contributed by atoms with Crippen LogP contribution in [0.1, 0.15) is 16.8 Å². The Bertz CT molecular complexity index is 593. The normalized spacial score (nSPS) is 25.6. The van der Waals surface area contributed by atoms with Crippen LogP contribution in [0.25, 0.3) is 0 Å². The van der Waals surface area contributed by atoms with Gasteiger partial charge in [-0.1, -0.05) is 12.1 Å². The summed E-state index contributed by atoms with van der Waals surface area (Å²) >= 11 is 0. The van der Waals surface area contributed by atoms with Crippen LogP contribution in [-0.4, -0.2) is 61.0 Å². The lowest BCUT2D eigenvalue weighted by atomic mass is 9.93. The van der Waals surface area contributed by atoms with E-state index in [1.165, 1.54) is 12.1 Å². The van der Waals surface area contributed by atoms with Crippen molar-refractivity contribution in [3.8, 4) is 0 Å². The predicted octanol–water partition coefficient (Wildman–Crippen LogP) is 1.15. The molecule has 1 aromatic carbocycles. The van der Waals surface area contributed by atoms with Gasteiger partial charge in [-0.2, -0.15) is 0 Å². The van der Waals surface area contributed by atoms with Crippen molar-refractivity contribution in [3.05, 3.63) is 35.6 Å². The molecule has 2 fully saturated rings. The van der Waals surface area contributed by atoms with Gasteiger partial charge in [-0.05, 0) is 18.6 Å². The largest absolute Gasteiger partial charge is 0.368 e. The molecule has 5 nitrogen and oxygen atoms in total. The van der Waals surface area contributed by atoms with Crippen LogP contribution in [0, 0.1) is 11.7 Å². The van der Waals surface area contributed by atoms with Crippen LogP contribution < -0.4 is 0 Å². The molecule has 0 unspecified atom stereocenters. The lowest BCUT2D eigenvalue weighted by Gasteiger charge is -2.37.